The molecule has 1 aromatic carbocycles. The van der Waals surface area contributed by atoms with Crippen LogP contribution >= 0.6 is 35.6 Å². The first-order valence-electron chi connectivity index (χ1n) is 5.07. The van der Waals surface area contributed by atoms with Gasteiger partial charge in [0.1, 0.15) is 0 Å². The predicted octanol–water partition coefficient (Wildman–Crippen LogP) is 2.23. The van der Waals surface area contributed by atoms with E-state index in [2.05, 4.69) is 15.0 Å². The predicted molar refractivity (Wildman–Crippen MR) is 75.7 cm³/mol. The molecule has 0 saturated heterocycles. The average Bonchev–Trinajstić information content (AvgIpc) is 2.85. The number of aliphatic imine (C=N–C) groups is 1. The van der Waals surface area contributed by atoms with Crippen molar-refractivity contribution in [1.82, 2.24) is 15.0 Å². The molecule has 1 aromatic heterocycles. The largest absolute Gasteiger partial charge is 0.335 e. The smallest absolute Gasteiger partial charge is 0.181 e. The number of benzene rings is 1. The van der Waals surface area contributed by atoms with Crippen LogP contribution in [0.2, 0.25) is 10.0 Å². The van der Waals surface area contributed by atoms with Crippen molar-refractivity contribution >= 4 is 52.5 Å². The number of nitrogens with two attached hydrogens (primary N) is 1. The van der Waals surface area contributed by atoms with Gasteiger partial charge < -0.3 is 4.98 Å². The van der Waals surface area contributed by atoms with Crippen LogP contribution < -0.4 is 5.84 Å². The zero-order chi connectivity index (χ0) is 12.0. The van der Waals surface area contributed by atoms with Crippen LogP contribution in [0.3, 0.4) is 0 Å². The van der Waals surface area contributed by atoms with Crippen LogP contribution in [0.25, 0.3) is 11.0 Å². The van der Waals surface area contributed by atoms with Gasteiger partial charge in [-0.1, -0.05) is 23.2 Å². The number of amidine groups is 1. The van der Waals surface area contributed by atoms with E-state index in [9.17, 15) is 0 Å². The molecule has 2 aromatic rings. The highest BCUT2D eigenvalue weighted by atomic mass is 35.5. The molecular weight excluding hydrogens is 297 g/mol. The summed E-state index contributed by atoms with van der Waals surface area (Å²) in [6.45, 7) is 1.39. The number of hydrazine groups is 1. The Morgan fingerprint density at radius 2 is 2.00 bits per heavy atom. The molecule has 18 heavy (non-hydrogen) atoms. The zero-order valence-corrected chi connectivity index (χ0v) is 11.5. The van der Waals surface area contributed by atoms with Crippen molar-refractivity contribution in [3.63, 3.8) is 0 Å². The van der Waals surface area contributed by atoms with Gasteiger partial charge in [-0.25, -0.2) is 10.8 Å². The van der Waals surface area contributed by atoms with E-state index < -0.39 is 0 Å². The number of rotatable bonds is 1. The normalized spacial score (nSPS) is 14.8. The summed E-state index contributed by atoms with van der Waals surface area (Å²) in [5.41, 5.74) is 1.56. The molecule has 0 fully saturated rings. The van der Waals surface area contributed by atoms with E-state index >= 15 is 0 Å². The van der Waals surface area contributed by atoms with E-state index in [-0.39, 0.29) is 12.4 Å². The van der Waals surface area contributed by atoms with Crippen molar-refractivity contribution in [3.8, 4) is 0 Å². The number of hydrogen-bond donors (Lipinski definition) is 2. The average molecular weight is 307 g/mol. The van der Waals surface area contributed by atoms with E-state index in [1.54, 1.807) is 17.1 Å². The SMILES string of the molecule is Cl.NN1CCN=C1c1nc2cc(Cl)c(Cl)cc2[nH]1. The van der Waals surface area contributed by atoms with Crippen molar-refractivity contribution < 1.29 is 0 Å². The molecular formula is C10H10Cl3N5. The number of hydrogen-bond acceptors (Lipinski definition) is 4. The molecule has 2 heterocycles. The minimum Gasteiger partial charge on any atom is -0.335 e. The Hall–Kier alpha value is -1.01. The highest BCUT2D eigenvalue weighted by Crippen LogP contribution is 2.26. The van der Waals surface area contributed by atoms with Crippen molar-refractivity contribution in [2.24, 2.45) is 10.8 Å². The Morgan fingerprint density at radius 3 is 2.67 bits per heavy atom. The number of imidazole rings is 1. The molecule has 5 nitrogen and oxygen atoms in total. The lowest BCUT2D eigenvalue weighted by Gasteiger charge is -2.09. The van der Waals surface area contributed by atoms with Gasteiger partial charge in [-0.2, -0.15) is 0 Å². The quantitative estimate of drug-likeness (QED) is 0.794. The van der Waals surface area contributed by atoms with E-state index in [1.807, 2.05) is 0 Å². The molecule has 8 heteroatoms. The molecule has 0 unspecified atom stereocenters. The number of nitrogens with one attached hydrogen (secondary N) is 1. The van der Waals surface area contributed by atoms with Crippen LogP contribution in [0.15, 0.2) is 17.1 Å². The summed E-state index contributed by atoms with van der Waals surface area (Å²) in [5.74, 6) is 7.08. The Balaban J connectivity index is 0.00000120. The van der Waals surface area contributed by atoms with E-state index in [0.717, 1.165) is 11.0 Å². The minimum atomic E-state index is 0. The number of H-pyrrole nitrogens is 1. The van der Waals surface area contributed by atoms with Crippen LogP contribution in [-0.2, 0) is 0 Å². The number of fused-ring (bicyclic) bond motifs is 1. The molecule has 3 rings (SSSR count). The summed E-state index contributed by atoms with van der Waals surface area (Å²) in [6.07, 6.45) is 0. The van der Waals surface area contributed by atoms with Crippen molar-refractivity contribution in [2.75, 3.05) is 13.1 Å². The number of aromatic amines is 1. The Morgan fingerprint density at radius 1 is 1.28 bits per heavy atom. The van der Waals surface area contributed by atoms with Crippen LogP contribution in [0.4, 0.5) is 0 Å². The molecule has 3 N–H and O–H groups in total. The van der Waals surface area contributed by atoms with Crippen molar-refractivity contribution in [3.05, 3.63) is 28.0 Å². The first kappa shape index (κ1) is 13.4. The van der Waals surface area contributed by atoms with Gasteiger partial charge in [-0.05, 0) is 12.1 Å². The highest BCUT2D eigenvalue weighted by Gasteiger charge is 2.19. The second kappa shape index (κ2) is 4.93. The summed E-state index contributed by atoms with van der Waals surface area (Å²) in [7, 11) is 0. The van der Waals surface area contributed by atoms with Crippen molar-refractivity contribution in [1.29, 1.82) is 0 Å². The summed E-state index contributed by atoms with van der Waals surface area (Å²) in [4.78, 5) is 11.8. The third kappa shape index (κ3) is 2.14. The van der Waals surface area contributed by atoms with E-state index in [1.165, 1.54) is 0 Å². The molecule has 0 atom stereocenters. The van der Waals surface area contributed by atoms with E-state index in [4.69, 9.17) is 29.0 Å². The topological polar surface area (TPSA) is 70.3 Å². The first-order valence-corrected chi connectivity index (χ1v) is 5.82. The maximum absolute atomic E-state index is 5.94. The molecule has 1 aliphatic heterocycles. The first-order chi connectivity index (χ1) is 8.15. The molecule has 0 aliphatic carbocycles. The van der Waals surface area contributed by atoms with E-state index in [0.29, 0.717) is 34.8 Å². The highest BCUT2D eigenvalue weighted by molar-refractivity contribution is 6.42. The van der Waals surface area contributed by atoms with Crippen LogP contribution in [0, 0.1) is 0 Å². The second-order valence-corrected chi connectivity index (χ2v) is 4.58. The monoisotopic (exact) mass is 305 g/mol. The fourth-order valence-electron chi connectivity index (χ4n) is 1.78. The summed E-state index contributed by atoms with van der Waals surface area (Å²) in [5, 5.41) is 2.54. The molecule has 96 valence electrons. The summed E-state index contributed by atoms with van der Waals surface area (Å²) in [6, 6.07) is 3.46. The Kier molecular flexibility index (Phi) is 3.68. The fourth-order valence-corrected chi connectivity index (χ4v) is 2.10. The third-order valence-corrected chi connectivity index (χ3v) is 3.33. The lowest BCUT2D eigenvalue weighted by atomic mass is 10.3. The Labute approximate surface area is 119 Å². The lowest BCUT2D eigenvalue weighted by Crippen LogP contribution is -2.35. The number of aromatic nitrogens is 2. The van der Waals surface area contributed by atoms with Gasteiger partial charge in [0.25, 0.3) is 0 Å². The van der Waals surface area contributed by atoms with Gasteiger partial charge in [0.2, 0.25) is 0 Å². The summed E-state index contributed by atoms with van der Waals surface area (Å²) >= 11 is 11.9. The molecule has 1 aliphatic rings. The van der Waals surface area contributed by atoms with Gasteiger partial charge in [0, 0.05) is 0 Å². The Bertz CT molecular complexity index is 582. The molecule has 0 amide bonds. The van der Waals surface area contributed by atoms with Crippen LogP contribution in [0.1, 0.15) is 5.82 Å². The lowest BCUT2D eigenvalue weighted by molar-refractivity contribution is 0.482. The standard InChI is InChI=1S/C10H9Cl2N5.ClH/c11-5-3-7-8(4-6(5)12)16-9(15-7)10-14-1-2-17(10)13;/h3-4H,1-2,13H2,(H,15,16);1H. The minimum absolute atomic E-state index is 0. The second-order valence-electron chi connectivity index (χ2n) is 3.77. The van der Waals surface area contributed by atoms with Gasteiger partial charge in [0.15, 0.2) is 11.7 Å². The molecule has 0 radical (unpaired) electrons. The van der Waals surface area contributed by atoms with Crippen molar-refractivity contribution in [2.45, 2.75) is 0 Å². The zero-order valence-electron chi connectivity index (χ0n) is 9.15. The van der Waals surface area contributed by atoms with Crippen LogP contribution in [-0.4, -0.2) is 33.9 Å². The molecule has 0 spiro atoms. The van der Waals surface area contributed by atoms with Gasteiger partial charge in [-0.3, -0.25) is 10.0 Å². The fraction of sp³-hybridized carbons (Fsp3) is 0.200. The van der Waals surface area contributed by atoms with Gasteiger partial charge in [-0.15, -0.1) is 12.4 Å². The molecule has 0 saturated carbocycles. The third-order valence-electron chi connectivity index (χ3n) is 2.61. The summed E-state index contributed by atoms with van der Waals surface area (Å²) < 4.78 is 0. The number of halogens is 3. The van der Waals surface area contributed by atoms with Gasteiger partial charge >= 0.3 is 0 Å². The number of nitrogens with zero attached hydrogens (tertiary/aromatic N) is 3. The molecule has 0 bridgehead atoms. The maximum atomic E-state index is 5.94. The maximum Gasteiger partial charge on any atom is 0.181 e. The van der Waals surface area contributed by atoms with Crippen LogP contribution in [0.5, 0.6) is 0 Å². The van der Waals surface area contributed by atoms with Gasteiger partial charge in [0.05, 0.1) is 34.2 Å².